The summed E-state index contributed by atoms with van der Waals surface area (Å²) >= 11 is 1.56. The molecule has 1 amide bonds. The first-order valence-electron chi connectivity index (χ1n) is 8.83. The van der Waals surface area contributed by atoms with Crippen molar-refractivity contribution < 1.29 is 9.53 Å². The number of hydrogen-bond acceptors (Lipinski definition) is 4. The number of aromatic nitrogens is 2. The van der Waals surface area contributed by atoms with Gasteiger partial charge in [0.15, 0.2) is 0 Å². The van der Waals surface area contributed by atoms with Gasteiger partial charge >= 0.3 is 0 Å². The summed E-state index contributed by atoms with van der Waals surface area (Å²) in [5.74, 6) is 0.493. The Kier molecular flexibility index (Phi) is 5.21. The maximum atomic E-state index is 13.0. The number of ether oxygens (including phenoxy) is 1. The molecule has 0 saturated heterocycles. The van der Waals surface area contributed by atoms with Gasteiger partial charge in [-0.25, -0.2) is 0 Å². The molecule has 0 unspecified atom stereocenters. The zero-order chi connectivity index (χ0) is 19.3. The number of methoxy groups -OCH3 is 1. The summed E-state index contributed by atoms with van der Waals surface area (Å²) in [5, 5.41) is 9.61. The summed E-state index contributed by atoms with van der Waals surface area (Å²) in [4.78, 5) is 14.0. The van der Waals surface area contributed by atoms with E-state index in [-0.39, 0.29) is 5.91 Å². The highest BCUT2D eigenvalue weighted by atomic mass is 32.1. The van der Waals surface area contributed by atoms with Crippen molar-refractivity contribution in [2.24, 2.45) is 0 Å². The van der Waals surface area contributed by atoms with Crippen molar-refractivity contribution in [1.82, 2.24) is 9.78 Å². The van der Waals surface area contributed by atoms with Gasteiger partial charge in [-0.1, -0.05) is 42.5 Å². The number of carbonyl (C=O) groups is 1. The summed E-state index contributed by atoms with van der Waals surface area (Å²) in [5.41, 5.74) is 3.03. The molecular weight excluding hydrogens is 370 g/mol. The van der Waals surface area contributed by atoms with E-state index in [1.165, 1.54) is 0 Å². The van der Waals surface area contributed by atoms with Crippen LogP contribution in [0.15, 0.2) is 78.3 Å². The van der Waals surface area contributed by atoms with Crippen LogP contribution in [-0.4, -0.2) is 22.8 Å². The average molecular weight is 389 g/mol. The van der Waals surface area contributed by atoms with Crippen LogP contribution in [0.5, 0.6) is 5.75 Å². The van der Waals surface area contributed by atoms with Gasteiger partial charge in [-0.3, -0.25) is 9.48 Å². The maximum Gasteiger partial charge on any atom is 0.259 e. The number of carbonyl (C=O) groups excluding carboxylic acids is 1. The summed E-state index contributed by atoms with van der Waals surface area (Å²) in [6.45, 7) is 0.603. The Hall–Kier alpha value is -3.38. The van der Waals surface area contributed by atoms with Gasteiger partial charge in [-0.2, -0.15) is 5.10 Å². The van der Waals surface area contributed by atoms with E-state index in [0.717, 1.165) is 10.4 Å². The van der Waals surface area contributed by atoms with Crippen LogP contribution in [0.2, 0.25) is 0 Å². The molecule has 0 spiro atoms. The molecule has 0 radical (unpaired) electrons. The summed E-state index contributed by atoms with van der Waals surface area (Å²) in [6.07, 6.45) is 1.80. The molecule has 0 bridgehead atoms. The van der Waals surface area contributed by atoms with Crippen LogP contribution in [0.25, 0.3) is 10.6 Å². The molecule has 0 aliphatic rings. The van der Waals surface area contributed by atoms with Crippen molar-refractivity contribution in [2.45, 2.75) is 6.54 Å². The number of nitrogens with one attached hydrogen (secondary N) is 1. The Morgan fingerprint density at radius 2 is 1.96 bits per heavy atom. The van der Waals surface area contributed by atoms with Gasteiger partial charge in [0.2, 0.25) is 0 Å². The van der Waals surface area contributed by atoms with Gasteiger partial charge in [0.25, 0.3) is 5.91 Å². The van der Waals surface area contributed by atoms with E-state index in [9.17, 15) is 4.79 Å². The molecular formula is C22H19N3O2S. The van der Waals surface area contributed by atoms with Crippen molar-refractivity contribution in [3.8, 4) is 16.3 Å². The average Bonchev–Trinajstić information content (AvgIpc) is 3.38. The maximum absolute atomic E-state index is 13.0. The van der Waals surface area contributed by atoms with Crippen molar-refractivity contribution in [1.29, 1.82) is 0 Å². The monoisotopic (exact) mass is 389 g/mol. The van der Waals surface area contributed by atoms with Crippen molar-refractivity contribution in [2.75, 3.05) is 12.4 Å². The van der Waals surface area contributed by atoms with E-state index in [2.05, 4.69) is 10.4 Å². The fourth-order valence-electron chi connectivity index (χ4n) is 2.93. The van der Waals surface area contributed by atoms with Crippen molar-refractivity contribution in [3.05, 3.63) is 89.4 Å². The Balaban J connectivity index is 1.65. The first-order valence-corrected chi connectivity index (χ1v) is 9.71. The molecule has 2 aromatic carbocycles. The third-order valence-corrected chi connectivity index (χ3v) is 5.15. The minimum absolute atomic E-state index is 0.198. The SMILES string of the molecule is COc1cccc(NC(=O)c2cn(Cc3ccccc3)nc2-c2cccs2)c1. The minimum Gasteiger partial charge on any atom is -0.497 e. The molecule has 0 aliphatic heterocycles. The molecule has 0 saturated carbocycles. The molecule has 5 nitrogen and oxygen atoms in total. The highest BCUT2D eigenvalue weighted by molar-refractivity contribution is 7.13. The number of hydrogen-bond donors (Lipinski definition) is 1. The molecule has 140 valence electrons. The Labute approximate surface area is 167 Å². The topological polar surface area (TPSA) is 56.1 Å². The number of anilines is 1. The molecule has 1 N–H and O–H groups in total. The first kappa shape index (κ1) is 18.0. The highest BCUT2D eigenvalue weighted by Crippen LogP contribution is 2.28. The lowest BCUT2D eigenvalue weighted by Crippen LogP contribution is -2.12. The molecule has 0 atom stereocenters. The fourth-order valence-corrected chi connectivity index (χ4v) is 3.66. The van der Waals surface area contributed by atoms with Crippen LogP contribution < -0.4 is 10.1 Å². The van der Waals surface area contributed by atoms with Crippen LogP contribution in [0.4, 0.5) is 5.69 Å². The Bertz CT molecular complexity index is 1070. The smallest absolute Gasteiger partial charge is 0.259 e. The fraction of sp³-hybridized carbons (Fsp3) is 0.0909. The van der Waals surface area contributed by atoms with Gasteiger partial charge in [0.1, 0.15) is 11.4 Å². The van der Waals surface area contributed by atoms with Gasteiger partial charge in [0, 0.05) is 18.0 Å². The van der Waals surface area contributed by atoms with Gasteiger partial charge in [-0.15, -0.1) is 11.3 Å². The quantitative estimate of drug-likeness (QED) is 0.509. The third kappa shape index (κ3) is 3.97. The number of benzene rings is 2. The number of thiophene rings is 1. The van der Waals surface area contributed by atoms with E-state index < -0.39 is 0 Å². The lowest BCUT2D eigenvalue weighted by atomic mass is 10.2. The number of amides is 1. The van der Waals surface area contributed by atoms with Crippen LogP contribution in [-0.2, 0) is 6.54 Å². The summed E-state index contributed by atoms with van der Waals surface area (Å²) < 4.78 is 7.04. The molecule has 0 fully saturated rings. The predicted octanol–water partition coefficient (Wildman–Crippen LogP) is 4.92. The zero-order valence-corrected chi connectivity index (χ0v) is 16.1. The summed E-state index contributed by atoms with van der Waals surface area (Å²) in [7, 11) is 1.60. The standard InChI is InChI=1S/C22H19N3O2S/c1-27-18-10-5-9-17(13-18)23-22(26)19-15-25(14-16-7-3-2-4-8-16)24-21(19)20-11-6-12-28-20/h2-13,15H,14H2,1H3,(H,23,26). The lowest BCUT2D eigenvalue weighted by molar-refractivity contribution is 0.102. The largest absolute Gasteiger partial charge is 0.497 e. The predicted molar refractivity (Wildman–Crippen MR) is 112 cm³/mol. The van der Waals surface area contributed by atoms with Crippen molar-refractivity contribution in [3.63, 3.8) is 0 Å². The zero-order valence-electron chi connectivity index (χ0n) is 15.3. The molecule has 4 aromatic rings. The van der Waals surface area contributed by atoms with E-state index in [0.29, 0.717) is 29.2 Å². The molecule has 6 heteroatoms. The lowest BCUT2D eigenvalue weighted by Gasteiger charge is -2.06. The number of rotatable bonds is 6. The third-order valence-electron chi connectivity index (χ3n) is 4.28. The second-order valence-corrected chi connectivity index (χ2v) is 7.19. The number of nitrogens with zero attached hydrogens (tertiary/aromatic N) is 2. The first-order chi connectivity index (χ1) is 13.7. The van der Waals surface area contributed by atoms with Crippen LogP contribution in [0.3, 0.4) is 0 Å². The summed E-state index contributed by atoms with van der Waals surface area (Å²) in [6, 6.07) is 21.3. The van der Waals surface area contributed by atoms with Crippen LogP contribution in [0.1, 0.15) is 15.9 Å². The van der Waals surface area contributed by atoms with E-state index in [1.807, 2.05) is 70.7 Å². The molecule has 2 aromatic heterocycles. The second-order valence-electron chi connectivity index (χ2n) is 6.24. The van der Waals surface area contributed by atoms with Crippen LogP contribution in [0, 0.1) is 0 Å². The Morgan fingerprint density at radius 3 is 2.71 bits per heavy atom. The van der Waals surface area contributed by atoms with Gasteiger partial charge in [-0.05, 0) is 29.1 Å². The van der Waals surface area contributed by atoms with Crippen molar-refractivity contribution >= 4 is 22.9 Å². The molecule has 28 heavy (non-hydrogen) atoms. The van der Waals surface area contributed by atoms with Crippen LogP contribution >= 0.6 is 11.3 Å². The van der Waals surface area contributed by atoms with Gasteiger partial charge in [0.05, 0.1) is 24.1 Å². The minimum atomic E-state index is -0.198. The normalized spacial score (nSPS) is 10.6. The van der Waals surface area contributed by atoms with Gasteiger partial charge < -0.3 is 10.1 Å². The second kappa shape index (κ2) is 8.10. The van der Waals surface area contributed by atoms with E-state index in [4.69, 9.17) is 4.74 Å². The van der Waals surface area contributed by atoms with E-state index >= 15 is 0 Å². The molecule has 2 heterocycles. The Morgan fingerprint density at radius 1 is 1.11 bits per heavy atom. The van der Waals surface area contributed by atoms with E-state index in [1.54, 1.807) is 30.7 Å². The molecule has 0 aliphatic carbocycles. The highest BCUT2D eigenvalue weighted by Gasteiger charge is 2.19. The molecule has 4 rings (SSSR count).